The first-order valence-corrected chi connectivity index (χ1v) is 5.75. The van der Waals surface area contributed by atoms with E-state index >= 15 is 0 Å². The zero-order chi connectivity index (χ0) is 10.6. The van der Waals surface area contributed by atoms with Gasteiger partial charge in [0.15, 0.2) is 5.96 Å². The molecule has 0 aromatic rings. The van der Waals surface area contributed by atoms with Crippen LogP contribution in [0.5, 0.6) is 0 Å². The van der Waals surface area contributed by atoms with Crippen LogP contribution in [0.1, 0.15) is 19.3 Å². The predicted molar refractivity (Wildman–Crippen MR) is 62.4 cm³/mol. The molecular weight excluding hydrogens is 198 g/mol. The summed E-state index contributed by atoms with van der Waals surface area (Å²) in [6.45, 7) is 0.705. The van der Waals surface area contributed by atoms with Crippen molar-refractivity contribution in [2.75, 3.05) is 12.8 Å². The van der Waals surface area contributed by atoms with Crippen LogP contribution in [0, 0.1) is 0 Å². The van der Waals surface area contributed by atoms with Gasteiger partial charge in [-0.15, -0.1) is 0 Å². The summed E-state index contributed by atoms with van der Waals surface area (Å²) >= 11 is 1.85. The number of aliphatic imine (C=N–C) groups is 2. The highest BCUT2D eigenvalue weighted by molar-refractivity contribution is 8.00. The third kappa shape index (κ3) is 2.80. The van der Waals surface area contributed by atoms with Gasteiger partial charge in [-0.1, -0.05) is 6.42 Å². The summed E-state index contributed by atoms with van der Waals surface area (Å²) in [4.78, 5) is 7.82. The number of hydrogen-bond donors (Lipinski definition) is 3. The first-order chi connectivity index (χ1) is 6.58. The molecule has 1 aliphatic carbocycles. The fourth-order valence-electron chi connectivity index (χ4n) is 1.39. The molecule has 0 atom stereocenters. The Balaban J connectivity index is 2.49. The molecule has 14 heavy (non-hydrogen) atoms. The maximum Gasteiger partial charge on any atom is 0.218 e. The van der Waals surface area contributed by atoms with Crippen molar-refractivity contribution in [1.29, 1.82) is 0 Å². The van der Waals surface area contributed by atoms with Crippen molar-refractivity contribution in [2.45, 2.75) is 24.0 Å². The van der Waals surface area contributed by atoms with E-state index in [1.54, 1.807) is 0 Å². The Morgan fingerprint density at radius 2 is 2.00 bits per heavy atom. The van der Waals surface area contributed by atoms with Crippen molar-refractivity contribution < 1.29 is 0 Å². The molecule has 1 fully saturated rings. The number of nitrogens with two attached hydrogens (primary N) is 3. The topological polar surface area (TPSA) is 103 Å². The van der Waals surface area contributed by atoms with Crippen LogP contribution in [0.25, 0.3) is 0 Å². The molecule has 5 nitrogen and oxygen atoms in total. The molecule has 6 heteroatoms. The molecule has 1 saturated carbocycles. The summed E-state index contributed by atoms with van der Waals surface area (Å²) in [6, 6.07) is 0. The van der Waals surface area contributed by atoms with E-state index < -0.39 is 0 Å². The molecule has 0 saturated heterocycles. The van der Waals surface area contributed by atoms with Crippen molar-refractivity contribution in [2.24, 2.45) is 27.2 Å². The molecule has 0 spiro atoms. The van der Waals surface area contributed by atoms with E-state index in [-0.39, 0.29) is 16.7 Å². The normalized spacial score (nSPS) is 19.9. The van der Waals surface area contributed by atoms with Gasteiger partial charge in [0.05, 0.1) is 6.54 Å². The number of guanidine groups is 2. The van der Waals surface area contributed by atoms with Gasteiger partial charge in [0.1, 0.15) is 0 Å². The summed E-state index contributed by atoms with van der Waals surface area (Å²) < 4.78 is 0.281. The smallest absolute Gasteiger partial charge is 0.218 e. The molecule has 1 aliphatic rings. The van der Waals surface area contributed by atoms with E-state index in [9.17, 15) is 0 Å². The fraction of sp³-hybridized carbons (Fsp3) is 0.750. The van der Waals surface area contributed by atoms with E-state index in [0.717, 1.165) is 0 Å². The molecule has 0 radical (unpaired) electrons. The Morgan fingerprint density at radius 3 is 2.36 bits per heavy atom. The number of nitrogens with zero attached hydrogens (tertiary/aromatic N) is 2. The summed E-state index contributed by atoms with van der Waals surface area (Å²) in [5, 5.41) is 0. The third-order valence-corrected chi connectivity index (χ3v) is 3.87. The minimum Gasteiger partial charge on any atom is -0.370 e. The minimum absolute atomic E-state index is 0.0435. The summed E-state index contributed by atoms with van der Waals surface area (Å²) in [7, 11) is 0. The van der Waals surface area contributed by atoms with Crippen LogP contribution in [0.15, 0.2) is 9.98 Å². The van der Waals surface area contributed by atoms with Gasteiger partial charge in [-0.2, -0.15) is 16.8 Å². The van der Waals surface area contributed by atoms with Gasteiger partial charge >= 0.3 is 0 Å². The van der Waals surface area contributed by atoms with Crippen LogP contribution in [0.2, 0.25) is 0 Å². The van der Waals surface area contributed by atoms with Crippen molar-refractivity contribution in [3.8, 4) is 0 Å². The van der Waals surface area contributed by atoms with Crippen LogP contribution in [0.4, 0.5) is 0 Å². The second-order valence-electron chi connectivity index (χ2n) is 3.45. The van der Waals surface area contributed by atoms with Crippen molar-refractivity contribution >= 4 is 23.7 Å². The average Bonchev–Trinajstić information content (AvgIpc) is 2.01. The van der Waals surface area contributed by atoms with Crippen LogP contribution >= 0.6 is 11.8 Å². The zero-order valence-electron chi connectivity index (χ0n) is 8.36. The number of hydrogen-bond acceptors (Lipinski definition) is 2. The molecule has 0 bridgehead atoms. The fourth-order valence-corrected chi connectivity index (χ4v) is 2.28. The van der Waals surface area contributed by atoms with E-state index in [2.05, 4.69) is 16.2 Å². The summed E-state index contributed by atoms with van der Waals surface area (Å²) in [6.07, 6.45) is 5.78. The van der Waals surface area contributed by atoms with Gasteiger partial charge in [-0.3, -0.25) is 0 Å². The Bertz CT molecular complexity index is 247. The lowest BCUT2D eigenvalue weighted by molar-refractivity contribution is 0.372. The monoisotopic (exact) mass is 215 g/mol. The maximum atomic E-state index is 5.51. The molecule has 0 aromatic carbocycles. The first-order valence-electron chi connectivity index (χ1n) is 4.53. The van der Waals surface area contributed by atoms with Gasteiger partial charge in [0.2, 0.25) is 5.96 Å². The lowest BCUT2D eigenvalue weighted by Gasteiger charge is -2.38. The quantitative estimate of drug-likeness (QED) is 0.450. The molecule has 0 aromatic heterocycles. The van der Waals surface area contributed by atoms with Gasteiger partial charge in [-0.25, -0.2) is 4.99 Å². The first kappa shape index (κ1) is 11.2. The van der Waals surface area contributed by atoms with E-state index in [4.69, 9.17) is 17.2 Å². The lowest BCUT2D eigenvalue weighted by Crippen LogP contribution is -2.37. The highest BCUT2D eigenvalue weighted by Crippen LogP contribution is 2.42. The van der Waals surface area contributed by atoms with Crippen LogP contribution < -0.4 is 17.2 Å². The molecule has 6 N–H and O–H groups in total. The van der Waals surface area contributed by atoms with Gasteiger partial charge in [0, 0.05) is 4.75 Å². The lowest BCUT2D eigenvalue weighted by atomic mass is 9.84. The van der Waals surface area contributed by atoms with Gasteiger partial charge in [0.25, 0.3) is 0 Å². The van der Waals surface area contributed by atoms with Crippen LogP contribution in [-0.4, -0.2) is 29.5 Å². The van der Waals surface area contributed by atoms with Crippen LogP contribution in [0.3, 0.4) is 0 Å². The predicted octanol–water partition coefficient (Wildman–Crippen LogP) is -0.140. The number of rotatable bonds is 3. The highest BCUT2D eigenvalue weighted by atomic mass is 32.2. The second kappa shape index (κ2) is 4.54. The van der Waals surface area contributed by atoms with Crippen molar-refractivity contribution in [1.82, 2.24) is 0 Å². The minimum atomic E-state index is -0.0435. The zero-order valence-corrected chi connectivity index (χ0v) is 9.18. The van der Waals surface area contributed by atoms with Crippen molar-refractivity contribution in [3.05, 3.63) is 0 Å². The SMILES string of the molecule is CSC1(CN=C(N)N=C(N)N)CCC1. The average molecular weight is 215 g/mol. The van der Waals surface area contributed by atoms with Crippen LogP contribution in [-0.2, 0) is 0 Å². The third-order valence-electron chi connectivity index (χ3n) is 2.47. The molecule has 80 valence electrons. The van der Waals surface area contributed by atoms with E-state index in [1.807, 2.05) is 11.8 Å². The highest BCUT2D eigenvalue weighted by Gasteiger charge is 2.35. The Labute approximate surface area is 88.2 Å². The molecule has 0 aliphatic heterocycles. The molecule has 0 unspecified atom stereocenters. The summed E-state index contributed by atoms with van der Waals surface area (Å²) in [5.74, 6) is 0.128. The van der Waals surface area contributed by atoms with Gasteiger partial charge in [-0.05, 0) is 19.1 Å². The number of thioether (sulfide) groups is 1. The molecule has 0 amide bonds. The largest absolute Gasteiger partial charge is 0.370 e. The second-order valence-corrected chi connectivity index (χ2v) is 4.73. The van der Waals surface area contributed by atoms with E-state index in [1.165, 1.54) is 19.3 Å². The van der Waals surface area contributed by atoms with E-state index in [0.29, 0.717) is 6.54 Å². The Kier molecular flexibility index (Phi) is 3.62. The Morgan fingerprint density at radius 1 is 1.36 bits per heavy atom. The maximum absolute atomic E-state index is 5.51. The Hall–Kier alpha value is -0.910. The molecule has 1 rings (SSSR count). The van der Waals surface area contributed by atoms with Gasteiger partial charge < -0.3 is 17.2 Å². The molecule has 0 heterocycles. The molecular formula is C8H17N5S. The van der Waals surface area contributed by atoms with Crippen molar-refractivity contribution in [3.63, 3.8) is 0 Å². The standard InChI is InChI=1S/C8H17N5S/c1-14-8(3-2-4-8)5-12-7(11)13-6(9)10/h2-5H2,1H3,(H6,9,10,11,12,13). The summed E-state index contributed by atoms with van der Waals surface area (Å²) in [5.41, 5.74) is 15.9.